The van der Waals surface area contributed by atoms with Crippen LogP contribution in [0, 0.1) is 5.92 Å². The third kappa shape index (κ3) is 4.04. The van der Waals surface area contributed by atoms with Crippen molar-refractivity contribution in [1.82, 2.24) is 4.90 Å². The van der Waals surface area contributed by atoms with Crippen LogP contribution in [0.25, 0.3) is 0 Å². The molecule has 1 aliphatic heterocycles. The summed E-state index contributed by atoms with van der Waals surface area (Å²) in [5.74, 6) is -0.363. The lowest BCUT2D eigenvalue weighted by Gasteiger charge is -2.34. The lowest BCUT2D eigenvalue weighted by molar-refractivity contribution is -0.148. The molecule has 114 valence electrons. The molecule has 1 heterocycles. The Hall–Kier alpha value is -1.88. The molecule has 0 radical (unpaired) electrons. The van der Waals surface area contributed by atoms with Gasteiger partial charge in [0.1, 0.15) is 0 Å². The van der Waals surface area contributed by atoms with Gasteiger partial charge in [-0.15, -0.1) is 0 Å². The minimum atomic E-state index is -0.266. The molecule has 1 N–H and O–H groups in total. The molecule has 1 saturated heterocycles. The minimum absolute atomic E-state index is 0.0493. The van der Waals surface area contributed by atoms with Gasteiger partial charge >= 0.3 is 5.97 Å². The molecule has 5 heteroatoms. The monoisotopic (exact) mass is 290 g/mol. The lowest BCUT2D eigenvalue weighted by atomic mass is 9.97. The molecule has 0 aromatic heterocycles. The zero-order chi connectivity index (χ0) is 15.2. The van der Waals surface area contributed by atoms with Crippen molar-refractivity contribution in [3.05, 3.63) is 30.3 Å². The molecule has 1 fully saturated rings. The Balaban J connectivity index is 1.94. The third-order valence-electron chi connectivity index (χ3n) is 3.96. The highest BCUT2D eigenvalue weighted by molar-refractivity contribution is 5.94. The lowest BCUT2D eigenvalue weighted by Crippen LogP contribution is -2.48. The summed E-state index contributed by atoms with van der Waals surface area (Å²) in [5.41, 5.74) is 0.788. The van der Waals surface area contributed by atoms with Crippen LogP contribution in [0.15, 0.2) is 30.3 Å². The molecule has 1 aromatic carbocycles. The first-order chi connectivity index (χ1) is 10.1. The number of nitrogens with one attached hydrogen (secondary N) is 1. The fourth-order valence-corrected chi connectivity index (χ4v) is 2.65. The molecule has 1 amide bonds. The van der Waals surface area contributed by atoms with Crippen LogP contribution in [-0.2, 0) is 14.3 Å². The Morgan fingerprint density at radius 2 is 2.05 bits per heavy atom. The average molecular weight is 290 g/mol. The molecular formula is C16H22N2O3. The van der Waals surface area contributed by atoms with Crippen LogP contribution in [-0.4, -0.2) is 43.0 Å². The van der Waals surface area contributed by atoms with Gasteiger partial charge in [0, 0.05) is 12.2 Å². The van der Waals surface area contributed by atoms with Crippen LogP contribution in [0.4, 0.5) is 5.69 Å². The first-order valence-electron chi connectivity index (χ1n) is 7.29. The largest absolute Gasteiger partial charge is 0.469 e. The van der Waals surface area contributed by atoms with Crippen molar-refractivity contribution in [2.75, 3.05) is 25.5 Å². The zero-order valence-electron chi connectivity index (χ0n) is 12.5. The Morgan fingerprint density at radius 3 is 2.71 bits per heavy atom. The number of amides is 1. The number of methoxy groups -OCH3 is 1. The topological polar surface area (TPSA) is 58.6 Å². The van der Waals surface area contributed by atoms with E-state index < -0.39 is 0 Å². The first-order valence-corrected chi connectivity index (χ1v) is 7.29. The van der Waals surface area contributed by atoms with Gasteiger partial charge in [-0.1, -0.05) is 18.2 Å². The predicted octanol–water partition coefficient (Wildman–Crippen LogP) is 1.90. The second kappa shape index (κ2) is 7.22. The van der Waals surface area contributed by atoms with Gasteiger partial charge in [-0.05, 0) is 38.4 Å². The average Bonchev–Trinajstić information content (AvgIpc) is 2.54. The molecule has 2 rings (SSSR count). The Morgan fingerprint density at radius 1 is 1.33 bits per heavy atom. The van der Waals surface area contributed by atoms with Crippen molar-refractivity contribution in [2.24, 2.45) is 5.92 Å². The smallest absolute Gasteiger partial charge is 0.309 e. The van der Waals surface area contributed by atoms with Gasteiger partial charge in [-0.2, -0.15) is 0 Å². The van der Waals surface area contributed by atoms with Crippen molar-refractivity contribution >= 4 is 17.6 Å². The minimum Gasteiger partial charge on any atom is -0.469 e. The van der Waals surface area contributed by atoms with Crippen LogP contribution in [0.1, 0.15) is 19.8 Å². The fraction of sp³-hybridized carbons (Fsp3) is 0.500. The van der Waals surface area contributed by atoms with E-state index in [0.717, 1.165) is 25.1 Å². The van der Waals surface area contributed by atoms with Crippen LogP contribution in [0.3, 0.4) is 0 Å². The highest BCUT2D eigenvalue weighted by Gasteiger charge is 2.31. The van der Waals surface area contributed by atoms with Crippen molar-refractivity contribution in [3.63, 3.8) is 0 Å². The van der Waals surface area contributed by atoms with E-state index in [2.05, 4.69) is 5.32 Å². The third-order valence-corrected chi connectivity index (χ3v) is 3.96. The number of hydrogen-bond acceptors (Lipinski definition) is 4. The second-order valence-electron chi connectivity index (χ2n) is 5.39. The Bertz CT molecular complexity index is 490. The van der Waals surface area contributed by atoms with Gasteiger partial charge in [0.2, 0.25) is 5.91 Å². The molecule has 0 spiro atoms. The molecule has 0 bridgehead atoms. The number of carbonyl (C=O) groups excluding carboxylic acids is 2. The summed E-state index contributed by atoms with van der Waals surface area (Å²) in [7, 11) is 1.41. The van der Waals surface area contributed by atoms with Crippen LogP contribution in [0.5, 0.6) is 0 Å². The van der Waals surface area contributed by atoms with E-state index in [1.165, 1.54) is 7.11 Å². The maximum atomic E-state index is 12.3. The molecule has 1 unspecified atom stereocenters. The number of hydrogen-bond donors (Lipinski definition) is 1. The normalized spacial score (nSPS) is 20.6. The van der Waals surface area contributed by atoms with Crippen molar-refractivity contribution < 1.29 is 14.3 Å². The summed E-state index contributed by atoms with van der Waals surface area (Å²) in [6.45, 7) is 3.28. The summed E-state index contributed by atoms with van der Waals surface area (Å²) in [5, 5.41) is 2.90. The molecule has 1 aromatic rings. The summed E-state index contributed by atoms with van der Waals surface area (Å²) >= 11 is 0. The van der Waals surface area contributed by atoms with Crippen LogP contribution >= 0.6 is 0 Å². The number of rotatable bonds is 4. The van der Waals surface area contributed by atoms with Crippen molar-refractivity contribution in [1.29, 1.82) is 0 Å². The van der Waals surface area contributed by atoms with Crippen LogP contribution < -0.4 is 5.32 Å². The Kier molecular flexibility index (Phi) is 5.33. The SMILES string of the molecule is COC(=O)[C@H]1CCCN(C(C)C(=O)Nc2ccccc2)C1. The maximum absolute atomic E-state index is 12.3. The number of anilines is 1. The van der Waals surface area contributed by atoms with Crippen LogP contribution in [0.2, 0.25) is 0 Å². The second-order valence-corrected chi connectivity index (χ2v) is 5.39. The molecule has 0 saturated carbocycles. The number of likely N-dealkylation sites (tertiary alicyclic amines) is 1. The molecule has 5 nitrogen and oxygen atoms in total. The number of ether oxygens (including phenoxy) is 1. The number of nitrogens with zero attached hydrogens (tertiary/aromatic N) is 1. The van der Waals surface area contributed by atoms with E-state index in [4.69, 9.17) is 4.74 Å². The molecular weight excluding hydrogens is 268 g/mol. The molecule has 21 heavy (non-hydrogen) atoms. The van der Waals surface area contributed by atoms with E-state index >= 15 is 0 Å². The molecule has 1 aliphatic rings. The summed E-state index contributed by atoms with van der Waals surface area (Å²) in [6.07, 6.45) is 1.74. The van der Waals surface area contributed by atoms with E-state index in [0.29, 0.717) is 6.54 Å². The number of carbonyl (C=O) groups is 2. The van der Waals surface area contributed by atoms with E-state index in [9.17, 15) is 9.59 Å². The van der Waals surface area contributed by atoms with Gasteiger partial charge in [0.25, 0.3) is 0 Å². The van der Waals surface area contributed by atoms with Gasteiger partial charge < -0.3 is 10.1 Å². The zero-order valence-corrected chi connectivity index (χ0v) is 12.5. The van der Waals surface area contributed by atoms with E-state index in [1.54, 1.807) is 0 Å². The number of esters is 1. The molecule has 2 atom stereocenters. The number of benzene rings is 1. The standard InChI is InChI=1S/C16H22N2O3/c1-12(15(19)17-14-8-4-3-5-9-14)18-10-6-7-13(11-18)16(20)21-2/h3-5,8-9,12-13H,6-7,10-11H2,1-2H3,(H,17,19)/t12?,13-/m0/s1. The quantitative estimate of drug-likeness (QED) is 0.860. The predicted molar refractivity (Wildman–Crippen MR) is 80.8 cm³/mol. The van der Waals surface area contributed by atoms with E-state index in [1.807, 2.05) is 42.2 Å². The molecule has 0 aliphatic carbocycles. The van der Waals surface area contributed by atoms with Crippen molar-refractivity contribution in [3.8, 4) is 0 Å². The number of para-hydroxylation sites is 1. The van der Waals surface area contributed by atoms with Gasteiger partial charge in [0.05, 0.1) is 19.1 Å². The highest BCUT2D eigenvalue weighted by atomic mass is 16.5. The van der Waals surface area contributed by atoms with Gasteiger partial charge in [-0.25, -0.2) is 0 Å². The summed E-state index contributed by atoms with van der Waals surface area (Å²) in [6, 6.07) is 9.13. The van der Waals surface area contributed by atoms with Gasteiger partial charge in [0.15, 0.2) is 0 Å². The van der Waals surface area contributed by atoms with Gasteiger partial charge in [-0.3, -0.25) is 14.5 Å². The fourth-order valence-electron chi connectivity index (χ4n) is 2.65. The summed E-state index contributed by atoms with van der Waals surface area (Å²) in [4.78, 5) is 26.0. The summed E-state index contributed by atoms with van der Waals surface area (Å²) < 4.78 is 4.81. The number of piperidine rings is 1. The highest BCUT2D eigenvalue weighted by Crippen LogP contribution is 2.20. The van der Waals surface area contributed by atoms with Crippen molar-refractivity contribution in [2.45, 2.75) is 25.8 Å². The first kappa shape index (κ1) is 15.5. The van der Waals surface area contributed by atoms with E-state index in [-0.39, 0.29) is 23.8 Å². The Labute approximate surface area is 125 Å². The maximum Gasteiger partial charge on any atom is 0.309 e.